The van der Waals surface area contributed by atoms with Crippen molar-refractivity contribution in [2.24, 2.45) is 0 Å². The molecule has 1 N–H and O–H groups in total. The van der Waals surface area contributed by atoms with E-state index in [0.717, 1.165) is 77.3 Å². The van der Waals surface area contributed by atoms with Gasteiger partial charge in [-0.05, 0) is 73.4 Å². The Hall–Kier alpha value is -3.68. The molecular weight excluding hydrogens is 481 g/mol. The lowest BCUT2D eigenvalue weighted by atomic mass is 9.91. The summed E-state index contributed by atoms with van der Waals surface area (Å²) < 4.78 is 27.5. The zero-order chi connectivity index (χ0) is 26.4. The number of nitrogens with one attached hydrogen (secondary N) is 1. The quantitative estimate of drug-likeness (QED) is 0.401. The van der Waals surface area contributed by atoms with Crippen molar-refractivity contribution in [3.05, 3.63) is 98.7 Å². The first-order valence-corrected chi connectivity index (χ1v) is 13.1. The van der Waals surface area contributed by atoms with Crippen LogP contribution < -0.4 is 10.4 Å². The number of H-pyrrole nitrogens is 1. The second kappa shape index (κ2) is 9.57. The third-order valence-electron chi connectivity index (χ3n) is 7.50. The Balaban J connectivity index is 1.43. The average Bonchev–Trinajstić information content (AvgIpc) is 3.15. The third-order valence-corrected chi connectivity index (χ3v) is 7.50. The van der Waals surface area contributed by atoms with Gasteiger partial charge in [0.1, 0.15) is 18.2 Å². The summed E-state index contributed by atoms with van der Waals surface area (Å²) in [7, 11) is 0. The molecule has 0 atom stereocenters. The molecule has 196 valence electrons. The fourth-order valence-corrected chi connectivity index (χ4v) is 5.76. The van der Waals surface area contributed by atoms with E-state index in [1.807, 2.05) is 22.8 Å². The van der Waals surface area contributed by atoms with Crippen molar-refractivity contribution in [3.8, 4) is 5.75 Å². The van der Waals surface area contributed by atoms with Crippen molar-refractivity contribution in [3.63, 3.8) is 0 Å². The summed E-state index contributed by atoms with van der Waals surface area (Å²) in [6.07, 6.45) is 2.09. The van der Waals surface area contributed by atoms with Crippen molar-refractivity contribution in [2.75, 3.05) is 32.8 Å². The molecule has 3 aromatic carbocycles. The van der Waals surface area contributed by atoms with Crippen LogP contribution in [0.1, 0.15) is 41.7 Å². The third kappa shape index (κ3) is 4.57. The van der Waals surface area contributed by atoms with Crippen molar-refractivity contribution in [2.45, 2.75) is 32.9 Å². The predicted molar refractivity (Wildman–Crippen MR) is 148 cm³/mol. The minimum atomic E-state index is -0.398. The van der Waals surface area contributed by atoms with E-state index in [4.69, 9.17) is 9.47 Å². The van der Waals surface area contributed by atoms with Crippen LogP contribution in [0.25, 0.3) is 22.7 Å². The Kier molecular flexibility index (Phi) is 6.20. The summed E-state index contributed by atoms with van der Waals surface area (Å²) in [5.74, 6) is 0.195. The number of ether oxygens (including phenoxy) is 2. The molecule has 1 fully saturated rings. The lowest BCUT2D eigenvalue weighted by molar-refractivity contribution is 0.0229. The van der Waals surface area contributed by atoms with Crippen LogP contribution in [0.4, 0.5) is 4.39 Å². The highest BCUT2D eigenvalue weighted by Gasteiger charge is 2.28. The van der Waals surface area contributed by atoms with Gasteiger partial charge in [-0.25, -0.2) is 9.18 Å². The first kappa shape index (κ1) is 24.6. The minimum Gasteiger partial charge on any atom is -0.488 e. The van der Waals surface area contributed by atoms with E-state index in [0.29, 0.717) is 12.4 Å². The molecule has 0 spiro atoms. The van der Waals surface area contributed by atoms with Gasteiger partial charge in [-0.1, -0.05) is 29.8 Å². The molecule has 0 bridgehead atoms. The van der Waals surface area contributed by atoms with E-state index >= 15 is 0 Å². The van der Waals surface area contributed by atoms with Crippen LogP contribution in [0.5, 0.6) is 5.75 Å². The Bertz CT molecular complexity index is 1550. The summed E-state index contributed by atoms with van der Waals surface area (Å²) in [6.45, 7) is 10.6. The Morgan fingerprint density at radius 1 is 1.03 bits per heavy atom. The molecule has 1 aromatic heterocycles. The highest BCUT2D eigenvalue weighted by Crippen LogP contribution is 2.39. The predicted octanol–water partition coefficient (Wildman–Crippen LogP) is 5.33. The van der Waals surface area contributed by atoms with E-state index in [1.54, 1.807) is 6.07 Å². The highest BCUT2D eigenvalue weighted by molar-refractivity contribution is 5.96. The lowest BCUT2D eigenvalue weighted by Crippen LogP contribution is -2.48. The number of benzene rings is 3. The molecule has 0 amide bonds. The zero-order valence-electron chi connectivity index (χ0n) is 22.0. The molecule has 6 nitrogen and oxygen atoms in total. The first-order valence-electron chi connectivity index (χ1n) is 13.1. The maximum atomic E-state index is 14.1. The number of imidazole rings is 1. The number of hydrogen-bond donors (Lipinski definition) is 1. The van der Waals surface area contributed by atoms with Crippen LogP contribution in [-0.4, -0.2) is 47.3 Å². The lowest BCUT2D eigenvalue weighted by Gasteiger charge is -2.35. The Morgan fingerprint density at radius 2 is 1.82 bits per heavy atom. The van der Waals surface area contributed by atoms with Crippen molar-refractivity contribution in [1.29, 1.82) is 0 Å². The van der Waals surface area contributed by atoms with Crippen LogP contribution in [0.2, 0.25) is 0 Å². The van der Waals surface area contributed by atoms with Gasteiger partial charge in [-0.2, -0.15) is 0 Å². The van der Waals surface area contributed by atoms with Gasteiger partial charge in [0.25, 0.3) is 0 Å². The number of morpholine rings is 1. The molecule has 0 radical (unpaired) electrons. The molecule has 6 rings (SSSR count). The van der Waals surface area contributed by atoms with Crippen LogP contribution in [0, 0.1) is 12.7 Å². The molecular formula is C31H32FN3O3. The van der Waals surface area contributed by atoms with Crippen LogP contribution >= 0.6 is 0 Å². The van der Waals surface area contributed by atoms with Gasteiger partial charge in [0, 0.05) is 31.3 Å². The zero-order valence-corrected chi connectivity index (χ0v) is 22.0. The van der Waals surface area contributed by atoms with E-state index in [2.05, 4.69) is 54.9 Å². The maximum absolute atomic E-state index is 14.1. The number of rotatable bonds is 4. The van der Waals surface area contributed by atoms with Crippen molar-refractivity contribution in [1.82, 2.24) is 14.5 Å². The number of nitrogens with zero attached hydrogens (tertiary/aromatic N) is 2. The molecule has 0 unspecified atom stereocenters. The molecule has 0 aliphatic carbocycles. The fraction of sp³-hybridized carbons (Fsp3) is 0.323. The number of aryl methyl sites for hydroxylation is 1. The second-order valence-corrected chi connectivity index (χ2v) is 10.9. The number of aromatic nitrogens is 2. The van der Waals surface area contributed by atoms with E-state index in [1.165, 1.54) is 12.1 Å². The SMILES string of the molecule is Cc1ccc2c(c1)COc1cc(F)ccc1/C2=C/c1ccc2c(c1)[nH]c(=O)n2C(C)(C)CN1CCOCC1. The van der Waals surface area contributed by atoms with E-state index in [-0.39, 0.29) is 11.5 Å². The number of fused-ring (bicyclic) bond motifs is 3. The topological polar surface area (TPSA) is 59.5 Å². The van der Waals surface area contributed by atoms with Crippen LogP contribution in [0.15, 0.2) is 59.4 Å². The van der Waals surface area contributed by atoms with Crippen LogP contribution in [0.3, 0.4) is 0 Å². The summed E-state index contributed by atoms with van der Waals surface area (Å²) in [6, 6.07) is 17.0. The second-order valence-electron chi connectivity index (χ2n) is 10.9. The number of hydrogen-bond acceptors (Lipinski definition) is 4. The summed E-state index contributed by atoms with van der Waals surface area (Å²) >= 11 is 0. The van der Waals surface area contributed by atoms with Gasteiger partial charge in [0.2, 0.25) is 0 Å². The first-order chi connectivity index (χ1) is 18.3. The molecule has 3 heterocycles. The van der Waals surface area contributed by atoms with Gasteiger partial charge in [-0.15, -0.1) is 0 Å². The summed E-state index contributed by atoms with van der Waals surface area (Å²) in [5, 5.41) is 0. The maximum Gasteiger partial charge on any atom is 0.327 e. The van der Waals surface area contributed by atoms with E-state index in [9.17, 15) is 9.18 Å². The standard InChI is InChI=1S/C31H32FN3O3/c1-20-4-7-24-22(14-20)18-38-29-17-23(32)6-8-25(29)26(24)15-21-5-9-28-27(16-21)33-30(36)35(28)31(2,3)19-34-10-12-37-13-11-34/h4-9,14-17H,10-13,18-19H2,1-3H3,(H,33,36)/b26-15+. The smallest absolute Gasteiger partial charge is 0.327 e. The molecule has 0 saturated carbocycles. The van der Waals surface area contributed by atoms with Gasteiger partial charge in [0.15, 0.2) is 0 Å². The molecule has 7 heteroatoms. The molecule has 1 saturated heterocycles. The van der Waals surface area contributed by atoms with Crippen molar-refractivity contribution < 1.29 is 13.9 Å². The molecule has 4 aromatic rings. The molecule has 2 aliphatic rings. The molecule has 2 aliphatic heterocycles. The highest BCUT2D eigenvalue weighted by atomic mass is 19.1. The number of halogens is 1. The average molecular weight is 514 g/mol. The van der Waals surface area contributed by atoms with Gasteiger partial charge < -0.3 is 14.5 Å². The van der Waals surface area contributed by atoms with Gasteiger partial charge >= 0.3 is 5.69 Å². The Morgan fingerprint density at radius 3 is 2.63 bits per heavy atom. The monoisotopic (exact) mass is 513 g/mol. The van der Waals surface area contributed by atoms with Gasteiger partial charge in [-0.3, -0.25) is 9.47 Å². The van der Waals surface area contributed by atoms with Crippen LogP contribution in [-0.2, 0) is 16.9 Å². The van der Waals surface area contributed by atoms with Crippen molar-refractivity contribution >= 4 is 22.7 Å². The Labute approximate surface area is 221 Å². The summed E-state index contributed by atoms with van der Waals surface area (Å²) in [5.41, 5.74) is 7.13. The summed E-state index contributed by atoms with van der Waals surface area (Å²) in [4.78, 5) is 18.6. The van der Waals surface area contributed by atoms with Gasteiger partial charge in [0.05, 0.1) is 29.8 Å². The minimum absolute atomic E-state index is 0.118. The van der Waals surface area contributed by atoms with E-state index < -0.39 is 5.54 Å². The largest absolute Gasteiger partial charge is 0.488 e. The fourth-order valence-electron chi connectivity index (χ4n) is 5.76. The normalized spacial score (nSPS) is 17.2. The molecule has 38 heavy (non-hydrogen) atoms. The number of aromatic amines is 1.